The summed E-state index contributed by atoms with van der Waals surface area (Å²) in [7, 11) is 0. The van der Waals surface area contributed by atoms with Crippen LogP contribution in [-0.2, 0) is 6.42 Å². The largest absolute Gasteiger partial charge is 0.456 e. The zero-order valence-corrected chi connectivity index (χ0v) is 8.69. The lowest BCUT2D eigenvalue weighted by molar-refractivity contribution is 0.0930. The minimum absolute atomic E-state index is 0.191. The van der Waals surface area contributed by atoms with Crippen LogP contribution in [0.25, 0.3) is 0 Å². The summed E-state index contributed by atoms with van der Waals surface area (Å²) >= 11 is 4.62. The Morgan fingerprint density at radius 2 is 2.36 bits per heavy atom. The Kier molecular flexibility index (Phi) is 3.64. The number of furan rings is 1. The van der Waals surface area contributed by atoms with E-state index in [1.807, 2.05) is 6.92 Å². The van der Waals surface area contributed by atoms with Gasteiger partial charge >= 0.3 is 0 Å². The second-order valence-electron chi connectivity index (χ2n) is 2.77. The molecule has 0 fully saturated rings. The van der Waals surface area contributed by atoms with Gasteiger partial charge in [-0.1, -0.05) is 19.1 Å². The van der Waals surface area contributed by atoms with Crippen molar-refractivity contribution in [3.05, 3.63) is 23.7 Å². The molecule has 5 heteroatoms. The van der Waals surface area contributed by atoms with Crippen LogP contribution in [0.4, 0.5) is 0 Å². The highest BCUT2D eigenvalue weighted by atomic mass is 32.1. The van der Waals surface area contributed by atoms with Crippen LogP contribution in [0, 0.1) is 0 Å². The fraction of sp³-hybridized carbons (Fsp3) is 0.333. The number of hydrogen-bond donors (Lipinski definition) is 2. The first-order chi connectivity index (χ1) is 6.63. The summed E-state index contributed by atoms with van der Waals surface area (Å²) < 4.78 is 5.23. The Bertz CT molecular complexity index is 346. The van der Waals surface area contributed by atoms with Crippen LogP contribution in [0.1, 0.15) is 23.2 Å². The SMILES string of the molecule is CCc1ccc(C(=O)NCC(N)=S)o1. The first-order valence-electron chi connectivity index (χ1n) is 4.28. The van der Waals surface area contributed by atoms with E-state index in [2.05, 4.69) is 17.5 Å². The molecule has 0 aliphatic carbocycles. The molecule has 1 aromatic rings. The lowest BCUT2D eigenvalue weighted by Gasteiger charge is -2.00. The average Bonchev–Trinajstić information content (AvgIpc) is 2.62. The third kappa shape index (κ3) is 2.85. The molecule has 0 radical (unpaired) electrons. The van der Waals surface area contributed by atoms with Gasteiger partial charge in [0.05, 0.1) is 11.5 Å². The molecule has 1 aromatic heterocycles. The van der Waals surface area contributed by atoms with E-state index < -0.39 is 0 Å². The van der Waals surface area contributed by atoms with E-state index in [4.69, 9.17) is 10.2 Å². The zero-order chi connectivity index (χ0) is 10.6. The standard InChI is InChI=1S/C9H12N2O2S/c1-2-6-3-4-7(13-6)9(12)11-5-8(10)14/h3-4H,2,5H2,1H3,(H2,10,14)(H,11,12). The Labute approximate surface area is 87.5 Å². The number of carbonyl (C=O) groups is 1. The minimum Gasteiger partial charge on any atom is -0.456 e. The van der Waals surface area contributed by atoms with Crippen molar-refractivity contribution in [1.82, 2.24) is 5.32 Å². The molecule has 0 unspecified atom stereocenters. The fourth-order valence-corrected chi connectivity index (χ4v) is 1.02. The summed E-state index contributed by atoms with van der Waals surface area (Å²) in [6.45, 7) is 2.14. The van der Waals surface area contributed by atoms with Crippen molar-refractivity contribution in [2.75, 3.05) is 6.54 Å². The summed E-state index contributed by atoms with van der Waals surface area (Å²) in [5.74, 6) is 0.779. The van der Waals surface area contributed by atoms with Crippen LogP contribution in [0.3, 0.4) is 0 Å². The van der Waals surface area contributed by atoms with Gasteiger partial charge in [0.15, 0.2) is 5.76 Å². The third-order valence-corrected chi connectivity index (χ3v) is 1.80. The van der Waals surface area contributed by atoms with E-state index in [1.165, 1.54) is 0 Å². The molecule has 0 saturated heterocycles. The van der Waals surface area contributed by atoms with Crippen LogP contribution < -0.4 is 11.1 Å². The second-order valence-corrected chi connectivity index (χ2v) is 3.29. The number of rotatable bonds is 4. The molecule has 1 amide bonds. The molecular weight excluding hydrogens is 200 g/mol. The number of thiocarbonyl (C=S) groups is 1. The molecule has 14 heavy (non-hydrogen) atoms. The summed E-state index contributed by atoms with van der Waals surface area (Å²) in [5, 5.41) is 2.54. The van der Waals surface area contributed by atoms with Crippen LogP contribution in [0.15, 0.2) is 16.5 Å². The quantitative estimate of drug-likeness (QED) is 0.726. The lowest BCUT2D eigenvalue weighted by Crippen LogP contribution is -2.31. The van der Waals surface area contributed by atoms with Gasteiger partial charge in [-0.05, 0) is 12.1 Å². The third-order valence-electron chi connectivity index (χ3n) is 1.66. The maximum absolute atomic E-state index is 11.4. The van der Waals surface area contributed by atoms with Crippen molar-refractivity contribution in [2.24, 2.45) is 5.73 Å². The van der Waals surface area contributed by atoms with Gasteiger partial charge < -0.3 is 15.5 Å². The number of aryl methyl sites for hydroxylation is 1. The molecule has 0 saturated carbocycles. The summed E-state index contributed by atoms with van der Waals surface area (Å²) in [6.07, 6.45) is 0.766. The Hall–Kier alpha value is -1.36. The van der Waals surface area contributed by atoms with Crippen molar-refractivity contribution in [1.29, 1.82) is 0 Å². The predicted molar refractivity (Wildman–Crippen MR) is 57.2 cm³/mol. The van der Waals surface area contributed by atoms with Gasteiger partial charge in [-0.2, -0.15) is 0 Å². The zero-order valence-electron chi connectivity index (χ0n) is 7.87. The smallest absolute Gasteiger partial charge is 0.287 e. The monoisotopic (exact) mass is 212 g/mol. The van der Waals surface area contributed by atoms with Crippen LogP contribution in [0.5, 0.6) is 0 Å². The number of carbonyl (C=O) groups excluding carboxylic acids is 1. The van der Waals surface area contributed by atoms with Gasteiger partial charge in [0.25, 0.3) is 5.91 Å². The number of nitrogens with one attached hydrogen (secondary N) is 1. The predicted octanol–water partition coefficient (Wildman–Crippen LogP) is 0.858. The molecule has 0 spiro atoms. The first kappa shape index (κ1) is 10.7. The average molecular weight is 212 g/mol. The highest BCUT2D eigenvalue weighted by Gasteiger charge is 2.09. The van der Waals surface area contributed by atoms with E-state index in [0.717, 1.165) is 12.2 Å². The second kappa shape index (κ2) is 4.76. The molecular formula is C9H12N2O2S. The Morgan fingerprint density at radius 1 is 1.64 bits per heavy atom. The highest BCUT2D eigenvalue weighted by Crippen LogP contribution is 2.07. The van der Waals surface area contributed by atoms with Gasteiger partial charge in [-0.25, -0.2) is 0 Å². The molecule has 0 aliphatic heterocycles. The maximum atomic E-state index is 11.4. The highest BCUT2D eigenvalue weighted by molar-refractivity contribution is 7.80. The van der Waals surface area contributed by atoms with E-state index >= 15 is 0 Å². The van der Waals surface area contributed by atoms with Gasteiger partial charge in [0, 0.05) is 6.42 Å². The van der Waals surface area contributed by atoms with E-state index in [1.54, 1.807) is 12.1 Å². The van der Waals surface area contributed by atoms with Crippen LogP contribution in [0.2, 0.25) is 0 Å². The number of nitrogens with two attached hydrogens (primary N) is 1. The van der Waals surface area contributed by atoms with E-state index in [9.17, 15) is 4.79 Å². The van der Waals surface area contributed by atoms with Gasteiger partial charge in [0.1, 0.15) is 5.76 Å². The van der Waals surface area contributed by atoms with Crippen molar-refractivity contribution in [3.63, 3.8) is 0 Å². The van der Waals surface area contributed by atoms with Crippen molar-refractivity contribution in [2.45, 2.75) is 13.3 Å². The molecule has 0 atom stereocenters. The molecule has 1 rings (SSSR count). The number of amides is 1. The molecule has 0 bridgehead atoms. The molecule has 3 N–H and O–H groups in total. The van der Waals surface area contributed by atoms with Crippen molar-refractivity contribution < 1.29 is 9.21 Å². The van der Waals surface area contributed by atoms with E-state index in [-0.39, 0.29) is 23.2 Å². The lowest BCUT2D eigenvalue weighted by atomic mass is 10.3. The molecule has 0 aromatic carbocycles. The minimum atomic E-state index is -0.294. The topological polar surface area (TPSA) is 68.3 Å². The van der Waals surface area contributed by atoms with E-state index in [0.29, 0.717) is 0 Å². The van der Waals surface area contributed by atoms with Gasteiger partial charge in [-0.3, -0.25) is 4.79 Å². The molecule has 4 nitrogen and oxygen atoms in total. The fourth-order valence-electron chi connectivity index (χ4n) is 0.944. The first-order valence-corrected chi connectivity index (χ1v) is 4.69. The molecule has 76 valence electrons. The molecule has 0 aliphatic rings. The van der Waals surface area contributed by atoms with Crippen LogP contribution in [-0.4, -0.2) is 17.4 Å². The van der Waals surface area contributed by atoms with Crippen molar-refractivity contribution >= 4 is 23.1 Å². The summed E-state index contributed by atoms with van der Waals surface area (Å²) in [5.41, 5.74) is 5.24. The molecule has 1 heterocycles. The van der Waals surface area contributed by atoms with Crippen molar-refractivity contribution in [3.8, 4) is 0 Å². The number of hydrogen-bond acceptors (Lipinski definition) is 3. The maximum Gasteiger partial charge on any atom is 0.287 e. The summed E-state index contributed by atoms with van der Waals surface area (Å²) in [4.78, 5) is 11.6. The van der Waals surface area contributed by atoms with Gasteiger partial charge in [0.2, 0.25) is 0 Å². The Morgan fingerprint density at radius 3 is 2.86 bits per heavy atom. The Balaban J connectivity index is 2.56. The summed E-state index contributed by atoms with van der Waals surface area (Å²) in [6, 6.07) is 3.41. The normalized spacial score (nSPS) is 9.79. The van der Waals surface area contributed by atoms with Crippen LogP contribution >= 0.6 is 12.2 Å². The van der Waals surface area contributed by atoms with Gasteiger partial charge in [-0.15, -0.1) is 0 Å².